The molecule has 1 aliphatic rings. The lowest BCUT2D eigenvalue weighted by Crippen LogP contribution is -2.24. The van der Waals surface area contributed by atoms with Crippen LogP contribution in [0.3, 0.4) is 0 Å². The standard InChI is InChI=1S/C11H14N2O4S/c1-17-10-2-4-12-6-9(10)13-11(14)8-3-5-18(15,16)7-8/h2,4,6,8H,3,5,7H2,1H3,(H,13,14). The van der Waals surface area contributed by atoms with E-state index >= 15 is 0 Å². The van der Waals surface area contributed by atoms with Crippen LogP contribution in [0.5, 0.6) is 5.75 Å². The van der Waals surface area contributed by atoms with E-state index < -0.39 is 15.8 Å². The summed E-state index contributed by atoms with van der Waals surface area (Å²) in [5.74, 6) is -0.294. The number of ether oxygens (including phenoxy) is 1. The Bertz CT molecular complexity index is 556. The van der Waals surface area contributed by atoms with Crippen molar-refractivity contribution in [3.8, 4) is 5.75 Å². The van der Waals surface area contributed by atoms with Gasteiger partial charge in [-0.1, -0.05) is 0 Å². The van der Waals surface area contributed by atoms with E-state index in [4.69, 9.17) is 4.74 Å². The van der Waals surface area contributed by atoms with Crippen molar-refractivity contribution in [3.05, 3.63) is 18.5 Å². The highest BCUT2D eigenvalue weighted by Gasteiger charge is 2.33. The Morgan fingerprint density at radius 1 is 1.56 bits per heavy atom. The number of nitrogens with zero attached hydrogens (tertiary/aromatic N) is 1. The summed E-state index contributed by atoms with van der Waals surface area (Å²) in [5, 5.41) is 2.65. The zero-order valence-electron chi connectivity index (χ0n) is 9.92. The van der Waals surface area contributed by atoms with Gasteiger partial charge >= 0.3 is 0 Å². The molecule has 0 aliphatic carbocycles. The summed E-state index contributed by atoms with van der Waals surface area (Å²) in [6.45, 7) is 0. The summed E-state index contributed by atoms with van der Waals surface area (Å²) in [7, 11) is -1.57. The molecular weight excluding hydrogens is 256 g/mol. The van der Waals surface area contributed by atoms with Crippen molar-refractivity contribution in [2.24, 2.45) is 5.92 Å². The minimum atomic E-state index is -3.06. The molecule has 1 N–H and O–H groups in total. The van der Waals surface area contributed by atoms with Crippen LogP contribution in [0.4, 0.5) is 5.69 Å². The molecule has 7 heteroatoms. The number of sulfone groups is 1. The van der Waals surface area contributed by atoms with Gasteiger partial charge in [-0.3, -0.25) is 9.78 Å². The van der Waals surface area contributed by atoms with Gasteiger partial charge in [0.05, 0.1) is 30.7 Å². The Hall–Kier alpha value is -1.63. The number of nitrogens with one attached hydrogen (secondary N) is 1. The second-order valence-electron chi connectivity index (χ2n) is 4.17. The van der Waals surface area contributed by atoms with Gasteiger partial charge in [0.2, 0.25) is 5.91 Å². The summed E-state index contributed by atoms with van der Waals surface area (Å²) in [6, 6.07) is 1.63. The SMILES string of the molecule is COc1ccncc1NC(=O)C1CCS(=O)(=O)C1. The molecule has 1 saturated heterocycles. The van der Waals surface area contributed by atoms with E-state index in [9.17, 15) is 13.2 Å². The van der Waals surface area contributed by atoms with Crippen LogP contribution in [0.15, 0.2) is 18.5 Å². The first-order chi connectivity index (χ1) is 8.52. The van der Waals surface area contributed by atoms with Gasteiger partial charge in [0.15, 0.2) is 9.84 Å². The van der Waals surface area contributed by atoms with Crippen LogP contribution in [-0.4, -0.2) is 37.9 Å². The van der Waals surface area contributed by atoms with E-state index in [0.29, 0.717) is 17.9 Å². The van der Waals surface area contributed by atoms with Crippen LogP contribution in [0.25, 0.3) is 0 Å². The lowest BCUT2D eigenvalue weighted by Gasteiger charge is -2.11. The number of pyridine rings is 1. The molecule has 1 aromatic heterocycles. The molecule has 0 saturated carbocycles. The van der Waals surface area contributed by atoms with Gasteiger partial charge in [-0.2, -0.15) is 0 Å². The third kappa shape index (κ3) is 2.79. The Labute approximate surface area is 105 Å². The fourth-order valence-electron chi connectivity index (χ4n) is 1.89. The maximum Gasteiger partial charge on any atom is 0.228 e. The lowest BCUT2D eigenvalue weighted by atomic mass is 10.1. The first-order valence-corrected chi connectivity index (χ1v) is 7.33. The second-order valence-corrected chi connectivity index (χ2v) is 6.39. The molecule has 0 spiro atoms. The van der Waals surface area contributed by atoms with Crippen molar-refractivity contribution >= 4 is 21.4 Å². The molecule has 6 nitrogen and oxygen atoms in total. The number of hydrogen-bond donors (Lipinski definition) is 1. The van der Waals surface area contributed by atoms with Crippen molar-refractivity contribution in [2.45, 2.75) is 6.42 Å². The monoisotopic (exact) mass is 270 g/mol. The van der Waals surface area contributed by atoms with E-state index in [1.807, 2.05) is 0 Å². The van der Waals surface area contributed by atoms with Crippen LogP contribution in [-0.2, 0) is 14.6 Å². The molecule has 2 rings (SSSR count). The number of amides is 1. The van der Waals surface area contributed by atoms with Crippen LogP contribution >= 0.6 is 0 Å². The number of anilines is 1. The van der Waals surface area contributed by atoms with Gasteiger partial charge in [0.25, 0.3) is 0 Å². The summed E-state index contributed by atoms with van der Waals surface area (Å²) >= 11 is 0. The minimum Gasteiger partial charge on any atom is -0.494 e. The molecule has 98 valence electrons. The van der Waals surface area contributed by atoms with E-state index in [1.165, 1.54) is 13.3 Å². The number of rotatable bonds is 3. The first-order valence-electron chi connectivity index (χ1n) is 5.51. The predicted molar refractivity (Wildman–Crippen MR) is 66.2 cm³/mol. The van der Waals surface area contributed by atoms with Gasteiger partial charge in [0, 0.05) is 12.3 Å². The third-order valence-electron chi connectivity index (χ3n) is 2.86. The van der Waals surface area contributed by atoms with Gasteiger partial charge in [0.1, 0.15) is 11.4 Å². The number of hydrogen-bond acceptors (Lipinski definition) is 5. The van der Waals surface area contributed by atoms with E-state index in [2.05, 4.69) is 10.3 Å². The topological polar surface area (TPSA) is 85.4 Å². The molecule has 1 aliphatic heterocycles. The van der Waals surface area contributed by atoms with Crippen molar-refractivity contribution in [1.82, 2.24) is 4.98 Å². The summed E-state index contributed by atoms with van der Waals surface area (Å²) in [4.78, 5) is 15.8. The molecule has 18 heavy (non-hydrogen) atoms. The Morgan fingerprint density at radius 3 is 2.94 bits per heavy atom. The number of methoxy groups -OCH3 is 1. The largest absolute Gasteiger partial charge is 0.494 e. The van der Waals surface area contributed by atoms with E-state index in [0.717, 1.165) is 0 Å². The maximum absolute atomic E-state index is 11.9. The molecular formula is C11H14N2O4S. The van der Waals surface area contributed by atoms with Crippen LogP contribution in [0.2, 0.25) is 0 Å². The maximum atomic E-state index is 11.9. The molecule has 0 aromatic carbocycles. The second kappa shape index (κ2) is 4.93. The Kier molecular flexibility index (Phi) is 3.51. The average molecular weight is 270 g/mol. The van der Waals surface area contributed by atoms with Crippen LogP contribution in [0, 0.1) is 5.92 Å². The van der Waals surface area contributed by atoms with Crippen molar-refractivity contribution in [2.75, 3.05) is 23.9 Å². The van der Waals surface area contributed by atoms with Gasteiger partial charge in [-0.15, -0.1) is 0 Å². The molecule has 1 unspecified atom stereocenters. The molecule has 1 atom stereocenters. The molecule has 2 heterocycles. The van der Waals surface area contributed by atoms with Gasteiger partial charge < -0.3 is 10.1 Å². The highest BCUT2D eigenvalue weighted by Crippen LogP contribution is 2.25. The molecule has 1 amide bonds. The normalized spacial score (nSPS) is 21.5. The molecule has 1 fully saturated rings. The lowest BCUT2D eigenvalue weighted by molar-refractivity contribution is -0.119. The number of carbonyl (C=O) groups excluding carboxylic acids is 1. The van der Waals surface area contributed by atoms with Crippen molar-refractivity contribution < 1.29 is 17.9 Å². The number of carbonyl (C=O) groups is 1. The van der Waals surface area contributed by atoms with E-state index in [1.54, 1.807) is 12.3 Å². The zero-order chi connectivity index (χ0) is 13.2. The highest BCUT2D eigenvalue weighted by molar-refractivity contribution is 7.91. The van der Waals surface area contributed by atoms with E-state index in [-0.39, 0.29) is 17.4 Å². The first kappa shape index (κ1) is 12.8. The highest BCUT2D eigenvalue weighted by atomic mass is 32.2. The third-order valence-corrected chi connectivity index (χ3v) is 4.63. The van der Waals surface area contributed by atoms with Gasteiger partial charge in [-0.25, -0.2) is 8.42 Å². The number of aromatic nitrogens is 1. The molecule has 1 aromatic rings. The van der Waals surface area contributed by atoms with Crippen LogP contribution < -0.4 is 10.1 Å². The summed E-state index contributed by atoms with van der Waals surface area (Å²) < 4.78 is 27.7. The minimum absolute atomic E-state index is 0.0786. The molecule has 0 bridgehead atoms. The predicted octanol–water partition coefficient (Wildman–Crippen LogP) is 0.463. The van der Waals surface area contributed by atoms with Crippen molar-refractivity contribution in [1.29, 1.82) is 0 Å². The summed E-state index contributed by atoms with van der Waals surface area (Å²) in [6.07, 6.45) is 3.39. The Balaban J connectivity index is 2.08. The zero-order valence-corrected chi connectivity index (χ0v) is 10.7. The quantitative estimate of drug-likeness (QED) is 0.862. The average Bonchev–Trinajstić information content (AvgIpc) is 2.70. The fourth-order valence-corrected chi connectivity index (χ4v) is 3.63. The Morgan fingerprint density at radius 2 is 2.33 bits per heavy atom. The summed E-state index contributed by atoms with van der Waals surface area (Å²) in [5.41, 5.74) is 0.453. The molecule has 0 radical (unpaired) electrons. The van der Waals surface area contributed by atoms with Crippen LogP contribution in [0.1, 0.15) is 6.42 Å². The smallest absolute Gasteiger partial charge is 0.228 e. The van der Waals surface area contributed by atoms with Gasteiger partial charge in [-0.05, 0) is 6.42 Å². The fraction of sp³-hybridized carbons (Fsp3) is 0.455. The van der Waals surface area contributed by atoms with Crippen molar-refractivity contribution in [3.63, 3.8) is 0 Å².